The summed E-state index contributed by atoms with van der Waals surface area (Å²) in [4.78, 5) is 17.1. The van der Waals surface area contributed by atoms with Crippen LogP contribution >= 0.6 is 0 Å². The van der Waals surface area contributed by atoms with E-state index in [0.29, 0.717) is 11.8 Å². The molecule has 0 saturated carbocycles. The van der Waals surface area contributed by atoms with Gasteiger partial charge in [-0.25, -0.2) is 0 Å². The van der Waals surface area contributed by atoms with Crippen LogP contribution < -0.4 is 10.2 Å². The van der Waals surface area contributed by atoms with Gasteiger partial charge in [-0.1, -0.05) is 66.7 Å². The molecule has 0 unspecified atom stereocenters. The third kappa shape index (κ3) is 5.45. The zero-order chi connectivity index (χ0) is 23.2. The molecule has 0 aromatic heterocycles. The Morgan fingerprint density at radius 1 is 0.939 bits per heavy atom. The summed E-state index contributed by atoms with van der Waals surface area (Å²) in [5.41, 5.74) is 5.73. The Hall–Kier alpha value is -3.11. The van der Waals surface area contributed by atoms with Crippen LogP contribution in [0.4, 0.5) is 5.69 Å². The van der Waals surface area contributed by atoms with Gasteiger partial charge in [0.25, 0.3) is 5.91 Å². The molecule has 0 radical (unpaired) electrons. The minimum Gasteiger partial charge on any atom is -0.378 e. The number of piperidine rings is 1. The van der Waals surface area contributed by atoms with Crippen LogP contribution in [0.25, 0.3) is 0 Å². The minimum atomic E-state index is -0.0168. The maximum atomic E-state index is 12.6. The highest BCUT2D eigenvalue weighted by molar-refractivity contribution is 5.96. The zero-order valence-corrected chi connectivity index (χ0v) is 20.0. The standard InChI is InChI=1S/C29H35N3O/c1-30-29(33)27-20-26(31(2)3)15-14-25(27)21-32-18-16-24(17-19-32)28(22-10-6-4-7-11-22)23-12-8-5-9-13-23/h4-15,20,24,28H,16-19,21H2,1-3H3,(H,30,33). The van der Waals surface area contributed by atoms with E-state index in [4.69, 9.17) is 0 Å². The first-order chi connectivity index (χ1) is 16.1. The summed E-state index contributed by atoms with van der Waals surface area (Å²) in [5, 5.41) is 2.81. The Bertz CT molecular complexity index is 1000. The van der Waals surface area contributed by atoms with E-state index in [9.17, 15) is 4.79 Å². The van der Waals surface area contributed by atoms with Gasteiger partial charge in [-0.2, -0.15) is 0 Å². The summed E-state index contributed by atoms with van der Waals surface area (Å²) < 4.78 is 0. The number of likely N-dealkylation sites (tertiary alicyclic amines) is 1. The summed E-state index contributed by atoms with van der Waals surface area (Å²) in [6.07, 6.45) is 2.30. The van der Waals surface area contributed by atoms with Crippen molar-refractivity contribution in [3.8, 4) is 0 Å². The lowest BCUT2D eigenvalue weighted by Gasteiger charge is -2.37. The van der Waals surface area contributed by atoms with Gasteiger partial charge < -0.3 is 10.2 Å². The van der Waals surface area contributed by atoms with Gasteiger partial charge in [0.15, 0.2) is 0 Å². The molecule has 0 bridgehead atoms. The van der Waals surface area contributed by atoms with Crippen molar-refractivity contribution in [1.82, 2.24) is 10.2 Å². The normalized spacial score (nSPS) is 14.9. The number of hydrogen-bond donors (Lipinski definition) is 1. The Labute approximate surface area is 198 Å². The van der Waals surface area contributed by atoms with Gasteiger partial charge in [0, 0.05) is 44.9 Å². The maximum Gasteiger partial charge on any atom is 0.251 e. The summed E-state index contributed by atoms with van der Waals surface area (Å²) in [6, 6.07) is 28.1. The monoisotopic (exact) mass is 441 g/mol. The predicted molar refractivity (Wildman–Crippen MR) is 137 cm³/mol. The molecule has 0 aliphatic carbocycles. The number of carbonyl (C=O) groups is 1. The number of benzene rings is 3. The van der Waals surface area contributed by atoms with Crippen LogP contribution in [0, 0.1) is 5.92 Å². The highest BCUT2D eigenvalue weighted by Crippen LogP contribution is 2.38. The van der Waals surface area contributed by atoms with Gasteiger partial charge in [-0.05, 0) is 60.7 Å². The van der Waals surface area contributed by atoms with Crippen LogP contribution in [0.15, 0.2) is 78.9 Å². The average Bonchev–Trinajstić information content (AvgIpc) is 2.86. The molecule has 4 rings (SSSR count). The second-order valence-corrected chi connectivity index (χ2v) is 9.23. The quantitative estimate of drug-likeness (QED) is 0.550. The van der Waals surface area contributed by atoms with Crippen molar-refractivity contribution in [3.05, 3.63) is 101 Å². The van der Waals surface area contributed by atoms with E-state index in [1.54, 1.807) is 7.05 Å². The van der Waals surface area contributed by atoms with Crippen LogP contribution in [0.2, 0.25) is 0 Å². The van der Waals surface area contributed by atoms with Gasteiger partial charge in [0.05, 0.1) is 0 Å². The van der Waals surface area contributed by atoms with Crippen molar-refractivity contribution in [3.63, 3.8) is 0 Å². The average molecular weight is 442 g/mol. The molecule has 1 aliphatic rings. The molecule has 3 aromatic rings. The van der Waals surface area contributed by atoms with Crippen LogP contribution in [0.3, 0.4) is 0 Å². The van der Waals surface area contributed by atoms with E-state index in [1.165, 1.54) is 11.1 Å². The fraction of sp³-hybridized carbons (Fsp3) is 0.345. The van der Waals surface area contributed by atoms with Gasteiger partial charge in [0.1, 0.15) is 0 Å². The molecular formula is C29H35N3O. The lowest BCUT2D eigenvalue weighted by Crippen LogP contribution is -2.36. The number of anilines is 1. The van der Waals surface area contributed by atoms with E-state index in [-0.39, 0.29) is 5.91 Å². The molecule has 1 saturated heterocycles. The third-order valence-electron chi connectivity index (χ3n) is 6.90. The zero-order valence-electron chi connectivity index (χ0n) is 20.0. The maximum absolute atomic E-state index is 12.6. The van der Waals surface area contributed by atoms with E-state index in [1.807, 2.05) is 25.1 Å². The Morgan fingerprint density at radius 2 is 1.52 bits per heavy atom. The smallest absolute Gasteiger partial charge is 0.251 e. The molecule has 33 heavy (non-hydrogen) atoms. The van der Waals surface area contributed by atoms with E-state index >= 15 is 0 Å². The number of rotatable bonds is 7. The molecule has 4 heteroatoms. The highest BCUT2D eigenvalue weighted by Gasteiger charge is 2.29. The van der Waals surface area contributed by atoms with Crippen LogP contribution in [-0.2, 0) is 6.54 Å². The van der Waals surface area contributed by atoms with E-state index < -0.39 is 0 Å². The number of amides is 1. The van der Waals surface area contributed by atoms with E-state index in [2.05, 4.69) is 83.0 Å². The molecule has 0 spiro atoms. The molecular weight excluding hydrogens is 406 g/mol. The Kier molecular flexibility index (Phi) is 7.46. The lowest BCUT2D eigenvalue weighted by molar-refractivity contribution is 0.0960. The van der Waals surface area contributed by atoms with Crippen molar-refractivity contribution >= 4 is 11.6 Å². The molecule has 1 heterocycles. The first-order valence-corrected chi connectivity index (χ1v) is 11.9. The van der Waals surface area contributed by atoms with Gasteiger partial charge >= 0.3 is 0 Å². The highest BCUT2D eigenvalue weighted by atomic mass is 16.1. The minimum absolute atomic E-state index is 0.0168. The topological polar surface area (TPSA) is 35.6 Å². The first kappa shape index (κ1) is 23.1. The number of carbonyl (C=O) groups excluding carboxylic acids is 1. The second kappa shape index (κ2) is 10.7. The van der Waals surface area contributed by atoms with E-state index in [0.717, 1.165) is 49.3 Å². The van der Waals surface area contributed by atoms with Crippen LogP contribution in [0.5, 0.6) is 0 Å². The second-order valence-electron chi connectivity index (χ2n) is 9.23. The van der Waals surface area contributed by atoms with Gasteiger partial charge in [0.2, 0.25) is 0 Å². The SMILES string of the molecule is CNC(=O)c1cc(N(C)C)ccc1CN1CCC(C(c2ccccc2)c2ccccc2)CC1. The van der Waals surface area contributed by atoms with Crippen molar-refractivity contribution < 1.29 is 4.79 Å². The third-order valence-corrected chi connectivity index (χ3v) is 6.90. The predicted octanol–water partition coefficient (Wildman–Crippen LogP) is 5.16. The van der Waals surface area contributed by atoms with Crippen LogP contribution in [0.1, 0.15) is 45.8 Å². The van der Waals surface area contributed by atoms with Crippen molar-refractivity contribution in [1.29, 1.82) is 0 Å². The van der Waals surface area contributed by atoms with Crippen molar-refractivity contribution in [2.24, 2.45) is 5.92 Å². The molecule has 1 fully saturated rings. The summed E-state index contributed by atoms with van der Waals surface area (Å²) in [6.45, 7) is 2.90. The first-order valence-electron chi connectivity index (χ1n) is 11.9. The van der Waals surface area contributed by atoms with Gasteiger partial charge in [-0.15, -0.1) is 0 Å². The molecule has 0 atom stereocenters. The Balaban J connectivity index is 1.49. The summed E-state index contributed by atoms with van der Waals surface area (Å²) in [5.74, 6) is 1.02. The van der Waals surface area contributed by atoms with Crippen molar-refractivity contribution in [2.75, 3.05) is 39.1 Å². The number of hydrogen-bond acceptors (Lipinski definition) is 3. The molecule has 1 amide bonds. The van der Waals surface area contributed by atoms with Crippen molar-refractivity contribution in [2.45, 2.75) is 25.3 Å². The lowest BCUT2D eigenvalue weighted by atomic mass is 9.76. The van der Waals surface area contributed by atoms with Crippen LogP contribution in [-0.4, -0.2) is 45.0 Å². The summed E-state index contributed by atoms with van der Waals surface area (Å²) in [7, 11) is 5.71. The largest absolute Gasteiger partial charge is 0.378 e. The van der Waals surface area contributed by atoms with Gasteiger partial charge in [-0.3, -0.25) is 9.69 Å². The molecule has 1 N–H and O–H groups in total. The Morgan fingerprint density at radius 3 is 2.03 bits per heavy atom. The summed E-state index contributed by atoms with van der Waals surface area (Å²) >= 11 is 0. The fourth-order valence-electron chi connectivity index (χ4n) is 5.07. The molecule has 3 aromatic carbocycles. The number of nitrogens with zero attached hydrogens (tertiary/aromatic N) is 2. The molecule has 4 nitrogen and oxygen atoms in total. The fourth-order valence-corrected chi connectivity index (χ4v) is 5.07. The molecule has 1 aliphatic heterocycles. The molecule has 172 valence electrons. The number of nitrogens with one attached hydrogen (secondary N) is 1.